The average Bonchev–Trinajstić information content (AvgIpc) is 1.60. The third kappa shape index (κ3) is 13.5. The fraction of sp³-hybridized carbons (Fsp3) is 0.287. The fourth-order valence-corrected chi connectivity index (χ4v) is 18.8. The van der Waals surface area contributed by atoms with Crippen molar-refractivity contribution in [2.24, 2.45) is 0 Å². The van der Waals surface area contributed by atoms with Gasteiger partial charge in [0.25, 0.3) is 0 Å². The van der Waals surface area contributed by atoms with E-state index in [-0.39, 0.29) is 23.6 Å². The lowest BCUT2D eigenvalue weighted by atomic mass is 9.99. The van der Waals surface area contributed by atoms with Crippen LogP contribution in [-0.2, 0) is 71.0 Å². The number of nitrogens with one attached hydrogen (secondary N) is 1. The second-order valence-corrected chi connectivity index (χ2v) is 33.9. The zero-order chi connectivity index (χ0) is 85.6. The highest BCUT2D eigenvalue weighted by molar-refractivity contribution is 6.00. The molecule has 2 saturated carbocycles. The molecular weight excluding hydrogens is 1600 g/mol. The van der Waals surface area contributed by atoms with Gasteiger partial charge in [0.2, 0.25) is 29.4 Å². The van der Waals surface area contributed by atoms with Crippen LogP contribution in [0.3, 0.4) is 0 Å². The van der Waals surface area contributed by atoms with Crippen LogP contribution < -0.4 is 20.0 Å². The first-order valence-electron chi connectivity index (χ1n) is 43.5. The number of hydrogen-bond donors (Lipinski definition) is 1. The number of hydrogen-bond acceptors (Lipinski definition) is 21. The van der Waals surface area contributed by atoms with E-state index in [1.165, 1.54) is 59.3 Å². The second-order valence-electron chi connectivity index (χ2n) is 33.9. The van der Waals surface area contributed by atoms with Crippen molar-refractivity contribution in [3.8, 4) is 45.6 Å². The summed E-state index contributed by atoms with van der Waals surface area (Å²) < 4.78 is 15.7. The van der Waals surface area contributed by atoms with Gasteiger partial charge in [-0.05, 0) is 154 Å². The van der Waals surface area contributed by atoms with E-state index in [4.69, 9.17) is 20.2 Å². The van der Waals surface area contributed by atoms with E-state index in [1.807, 2.05) is 136 Å². The molecule has 33 nitrogen and oxygen atoms in total. The number of anilines is 4. The fourth-order valence-electron chi connectivity index (χ4n) is 18.8. The average molecular weight is 1680 g/mol. The Hall–Kier alpha value is -15.3. The zero-order valence-corrected chi connectivity index (χ0v) is 70.5. The summed E-state index contributed by atoms with van der Waals surface area (Å²) in [5.74, 6) is 3.83. The van der Waals surface area contributed by atoms with E-state index in [9.17, 15) is 19.2 Å². The van der Waals surface area contributed by atoms with Gasteiger partial charge in [-0.2, -0.15) is 45.8 Å². The minimum absolute atomic E-state index is 0.00113. The van der Waals surface area contributed by atoms with Crippen molar-refractivity contribution >= 4 is 91.9 Å². The summed E-state index contributed by atoms with van der Waals surface area (Å²) in [4.78, 5) is 80.0. The van der Waals surface area contributed by atoms with Crippen LogP contribution >= 0.6 is 0 Å². The van der Waals surface area contributed by atoms with Gasteiger partial charge < -0.3 is 5.32 Å². The Morgan fingerprint density at radius 1 is 0.362 bits per heavy atom. The quantitative estimate of drug-likeness (QED) is 0.168. The molecule has 0 unspecified atom stereocenters. The highest BCUT2D eigenvalue weighted by atomic mass is 16.2. The van der Waals surface area contributed by atoms with Gasteiger partial charge in [0, 0.05) is 211 Å². The lowest BCUT2D eigenvalue weighted by Gasteiger charge is -2.17. The monoisotopic (exact) mass is 1680 g/mol. The molecule has 33 heteroatoms. The molecule has 4 amide bonds. The summed E-state index contributed by atoms with van der Waals surface area (Å²) in [7, 11) is 5.34. The Kier molecular flexibility index (Phi) is 18.4. The van der Waals surface area contributed by atoms with Crippen molar-refractivity contribution in [2.45, 2.75) is 155 Å². The smallest absolute Gasteiger partial charge is 0.236 e. The van der Waals surface area contributed by atoms with E-state index in [0.29, 0.717) is 128 Å². The van der Waals surface area contributed by atoms with Crippen molar-refractivity contribution < 1.29 is 19.2 Å². The number of aryl methyl sites for hydroxylation is 6. The van der Waals surface area contributed by atoms with Gasteiger partial charge in [0.05, 0.1) is 45.6 Å². The van der Waals surface area contributed by atoms with Crippen molar-refractivity contribution in [1.29, 1.82) is 0 Å². The Balaban J connectivity index is 0.0000000972. The molecule has 2 fully saturated rings. The van der Waals surface area contributed by atoms with Crippen LogP contribution in [0.4, 0.5) is 23.3 Å². The van der Waals surface area contributed by atoms with E-state index >= 15 is 0 Å². The maximum atomic E-state index is 13.1. The van der Waals surface area contributed by atoms with Crippen molar-refractivity contribution in [3.05, 3.63) is 255 Å². The van der Waals surface area contributed by atoms with Gasteiger partial charge in [0.15, 0.2) is 23.3 Å². The Labute approximate surface area is 726 Å². The van der Waals surface area contributed by atoms with Gasteiger partial charge in [-0.1, -0.05) is 42.5 Å². The molecule has 4 aliphatic heterocycles. The topological polar surface area (TPSA) is 347 Å². The SMILES string of the molecule is CN1C(=O)CCCn2cc(c(C3CC3)n2)C2=CCc3nnc(cc32)-c2c1nc1ccccn21.CN1C(=O)CCCn2cc(c(C3CC3)n2)C2=CCc3nnc(cc32)-c2c1nc1ncccn21.Cc1nn2cc1C1=CCc3nnc(cc31)-c1c(nc3ccccn13)N(C)C(=O)CCC2.Cc1nn2cc1C1=CCc3nnc(cc31)-c1c(nc3ccccn13)NC(=O)CCC2. The number of nitrogens with zero attached hydrogens (tertiary/aromatic N) is 28. The molecule has 16 aromatic rings. The first kappa shape index (κ1) is 76.6. The molecule has 16 aromatic heterocycles. The molecule has 0 atom stereocenters. The lowest BCUT2D eigenvalue weighted by Crippen LogP contribution is -2.27. The van der Waals surface area contributed by atoms with Crippen LogP contribution in [0, 0.1) is 13.8 Å². The molecule has 0 saturated heterocycles. The minimum Gasteiger partial charge on any atom is -0.309 e. The first-order valence-corrected chi connectivity index (χ1v) is 43.5. The predicted molar refractivity (Wildman–Crippen MR) is 474 cm³/mol. The summed E-state index contributed by atoms with van der Waals surface area (Å²) in [6.45, 7) is 6.86. The number of carbonyl (C=O) groups is 4. The molecule has 6 aliphatic carbocycles. The summed E-state index contributed by atoms with van der Waals surface area (Å²) in [5, 5.41) is 58.6. The first-order chi connectivity index (χ1) is 62.1. The van der Waals surface area contributed by atoms with E-state index in [0.717, 1.165) is 157 Å². The summed E-state index contributed by atoms with van der Waals surface area (Å²) in [6, 6.07) is 27.6. The molecule has 127 heavy (non-hydrogen) atoms. The lowest BCUT2D eigenvalue weighted by molar-refractivity contribution is -0.119. The highest BCUT2D eigenvalue weighted by Crippen LogP contribution is 2.49. The maximum absolute atomic E-state index is 13.1. The van der Waals surface area contributed by atoms with Gasteiger partial charge in [0.1, 0.15) is 62.5 Å². The number of allylic oxidation sites excluding steroid dienone is 4. The number of rotatable bonds is 2. The molecule has 0 aromatic carbocycles. The van der Waals surface area contributed by atoms with Crippen molar-refractivity contribution in [1.82, 2.24) is 122 Å². The van der Waals surface area contributed by atoms with E-state index in [1.54, 1.807) is 42.0 Å². The van der Waals surface area contributed by atoms with E-state index in [2.05, 4.69) is 145 Å². The van der Waals surface area contributed by atoms with Crippen LogP contribution in [0.2, 0.25) is 0 Å². The molecule has 0 radical (unpaired) electrons. The third-order valence-electron chi connectivity index (χ3n) is 25.6. The molecule has 1 N–H and O–H groups in total. The van der Waals surface area contributed by atoms with Crippen LogP contribution in [-0.4, -0.2) is 167 Å². The number of pyridine rings is 3. The van der Waals surface area contributed by atoms with E-state index < -0.39 is 0 Å². The van der Waals surface area contributed by atoms with Crippen molar-refractivity contribution in [2.75, 3.05) is 41.2 Å². The van der Waals surface area contributed by atoms with Crippen LogP contribution in [0.15, 0.2) is 165 Å². The summed E-state index contributed by atoms with van der Waals surface area (Å²) in [6.07, 6.45) is 39.1. The highest BCUT2D eigenvalue weighted by Gasteiger charge is 2.38. The molecule has 630 valence electrons. The third-order valence-corrected chi connectivity index (χ3v) is 25.6. The minimum atomic E-state index is -0.0736. The summed E-state index contributed by atoms with van der Waals surface area (Å²) in [5.41, 5.74) is 29.8. The molecule has 16 bridgehead atoms. The Bertz CT molecular complexity index is 7220. The molecule has 0 spiro atoms. The van der Waals surface area contributed by atoms with Gasteiger partial charge in [-0.25, -0.2) is 19.9 Å². The molecule has 10 aliphatic rings. The Morgan fingerprint density at radius 2 is 0.717 bits per heavy atom. The number of carbonyl (C=O) groups excluding carboxylic acids is 4. The zero-order valence-electron chi connectivity index (χ0n) is 70.5. The molecule has 26 rings (SSSR count). The van der Waals surface area contributed by atoms with Crippen LogP contribution in [0.25, 0.3) is 90.6 Å². The number of fused-ring (bicyclic) bond motifs is 32. The molecule has 20 heterocycles. The van der Waals surface area contributed by atoms with Gasteiger partial charge >= 0.3 is 0 Å². The van der Waals surface area contributed by atoms with Crippen molar-refractivity contribution in [3.63, 3.8) is 0 Å². The number of aromatic nitrogens is 25. The Morgan fingerprint density at radius 3 is 1.14 bits per heavy atom. The molecular formula is C94H85N29O4. The van der Waals surface area contributed by atoms with Crippen LogP contribution in [0.5, 0.6) is 0 Å². The van der Waals surface area contributed by atoms with Gasteiger partial charge in [-0.3, -0.25) is 70.2 Å². The van der Waals surface area contributed by atoms with Crippen LogP contribution in [0.1, 0.15) is 179 Å². The predicted octanol–water partition coefficient (Wildman–Crippen LogP) is 12.7. The normalized spacial score (nSPS) is 16.7. The summed E-state index contributed by atoms with van der Waals surface area (Å²) >= 11 is 0. The number of amides is 4. The van der Waals surface area contributed by atoms with Gasteiger partial charge in [-0.15, -0.1) is 20.4 Å². The maximum Gasteiger partial charge on any atom is 0.236 e. The second kappa shape index (κ2) is 30.6. The standard InChI is InChI=1S/C25H23N7O.C24H22N8O.C23H21N7O.C22H19N7O/c1-30-22(33)6-4-11-31-14-18(23(29-31)15-7-8-15)16-9-10-19-17(16)13-20(28-27-19)24-25(30)26-21-5-2-3-12-32(21)24;1-30-20(33)4-2-10-31-13-17(21(29-31)14-5-6-14)15-7-8-18-16(15)12-19(28-27-18)22-23(30)26-24-25-9-3-11-32(22)24;1-14-17-13-29(27-14)10-5-7-21(31)28(2)23-22(30-11-4-3-6-20(30)24-23)19-12-16-15(17)8-9-18(16)25-26-19;1-13-16-12-28(27-13)9-4-6-20(30)24-22-21(29-10-3-2-5-19(29)23-22)18-11-15-14(16)7-8-17(15)25-26-18/h2-3,5,9,12-15H,4,6-8,10-11H2,1H3;3,7,9,11-14H,2,4-6,8,10H2,1H3;3-4,6,8,11-13H,5,7,9-10H2,1-2H3;2-3,5,7,10-12H,4,6,8-9H2,1H3,(H,24,30). The largest absolute Gasteiger partial charge is 0.309 e. The number of imidazole rings is 4.